The van der Waals surface area contributed by atoms with Crippen molar-refractivity contribution in [3.05, 3.63) is 29.8 Å². The van der Waals surface area contributed by atoms with E-state index in [1.54, 1.807) is 7.11 Å². The molecule has 0 saturated carbocycles. The lowest BCUT2D eigenvalue weighted by molar-refractivity contribution is -0.134. The zero-order chi connectivity index (χ0) is 19.4. The van der Waals surface area contributed by atoms with E-state index < -0.39 is 0 Å². The van der Waals surface area contributed by atoms with Crippen LogP contribution in [-0.2, 0) is 11.2 Å². The lowest BCUT2D eigenvalue weighted by atomic mass is 9.79. The molecule has 0 aromatic heterocycles. The highest BCUT2D eigenvalue weighted by molar-refractivity contribution is 5.79. The van der Waals surface area contributed by atoms with Crippen molar-refractivity contribution >= 4 is 5.91 Å². The molecule has 1 saturated heterocycles. The number of methoxy groups -OCH3 is 1. The van der Waals surface area contributed by atoms with E-state index in [2.05, 4.69) is 44.8 Å². The van der Waals surface area contributed by atoms with Gasteiger partial charge < -0.3 is 15.0 Å². The summed E-state index contributed by atoms with van der Waals surface area (Å²) in [6.45, 7) is 12.0. The zero-order valence-corrected chi connectivity index (χ0v) is 17.4. The van der Waals surface area contributed by atoms with Crippen LogP contribution in [0.25, 0.3) is 0 Å². The molecule has 4 heteroatoms. The average molecular weight is 361 g/mol. The molecule has 4 nitrogen and oxygen atoms in total. The van der Waals surface area contributed by atoms with Gasteiger partial charge >= 0.3 is 0 Å². The molecule has 26 heavy (non-hydrogen) atoms. The highest BCUT2D eigenvalue weighted by atomic mass is 16.5. The van der Waals surface area contributed by atoms with E-state index in [-0.39, 0.29) is 23.0 Å². The minimum Gasteiger partial charge on any atom is -0.497 e. The summed E-state index contributed by atoms with van der Waals surface area (Å²) in [5, 5.41) is 3.72. The van der Waals surface area contributed by atoms with Crippen molar-refractivity contribution in [1.82, 2.24) is 10.2 Å². The van der Waals surface area contributed by atoms with Crippen molar-refractivity contribution in [2.75, 3.05) is 13.7 Å². The molecule has 1 amide bonds. The third kappa shape index (κ3) is 5.73. The van der Waals surface area contributed by atoms with Gasteiger partial charge in [0.15, 0.2) is 0 Å². The smallest absolute Gasteiger partial charge is 0.227 e. The number of piperidine rings is 1. The molecule has 146 valence electrons. The van der Waals surface area contributed by atoms with Gasteiger partial charge in [-0.3, -0.25) is 4.79 Å². The molecule has 2 rings (SSSR count). The van der Waals surface area contributed by atoms with E-state index >= 15 is 0 Å². The lowest BCUT2D eigenvalue weighted by Crippen LogP contribution is -2.63. The van der Waals surface area contributed by atoms with Gasteiger partial charge in [0.1, 0.15) is 5.75 Å². The Hall–Kier alpha value is -1.55. The molecule has 0 unspecified atom stereocenters. The SMILES string of the molecule is CCCCN(C(=O)Cc1cccc(OC)c1)C1CC(C)(C)NC(C)(C)C1. The Bertz CT molecular complexity index is 594. The molecule has 1 N–H and O–H groups in total. The Labute approximate surface area is 159 Å². The minimum atomic E-state index is 0.0348. The van der Waals surface area contributed by atoms with Gasteiger partial charge in [0.25, 0.3) is 0 Å². The average Bonchev–Trinajstić information content (AvgIpc) is 2.52. The first-order valence-electron chi connectivity index (χ1n) is 9.87. The number of benzene rings is 1. The summed E-state index contributed by atoms with van der Waals surface area (Å²) in [4.78, 5) is 15.4. The third-order valence-corrected chi connectivity index (χ3v) is 5.17. The van der Waals surface area contributed by atoms with Crippen molar-refractivity contribution in [3.63, 3.8) is 0 Å². The van der Waals surface area contributed by atoms with Gasteiger partial charge in [-0.05, 0) is 64.7 Å². The summed E-state index contributed by atoms with van der Waals surface area (Å²) in [7, 11) is 1.66. The maximum Gasteiger partial charge on any atom is 0.227 e. The molecule has 1 heterocycles. The first-order chi connectivity index (χ1) is 12.2. The zero-order valence-electron chi connectivity index (χ0n) is 17.4. The number of hydrogen-bond acceptors (Lipinski definition) is 3. The summed E-state index contributed by atoms with van der Waals surface area (Å²) >= 11 is 0. The Morgan fingerprint density at radius 1 is 1.23 bits per heavy atom. The molecule has 0 atom stereocenters. The van der Waals surface area contributed by atoms with Gasteiger partial charge in [-0.25, -0.2) is 0 Å². The number of ether oxygens (including phenoxy) is 1. The summed E-state index contributed by atoms with van der Waals surface area (Å²) in [6, 6.07) is 8.13. The normalized spacial score (nSPS) is 19.2. The molecule has 1 aliphatic heterocycles. The fourth-order valence-electron chi connectivity index (χ4n) is 4.39. The van der Waals surface area contributed by atoms with Gasteiger partial charge in [0.05, 0.1) is 13.5 Å². The van der Waals surface area contributed by atoms with Crippen LogP contribution in [0.15, 0.2) is 24.3 Å². The van der Waals surface area contributed by atoms with Gasteiger partial charge in [-0.2, -0.15) is 0 Å². The number of amides is 1. The monoisotopic (exact) mass is 360 g/mol. The Morgan fingerprint density at radius 2 is 1.88 bits per heavy atom. The standard InChI is InChI=1S/C22H36N2O2/c1-7-8-12-24(18-15-21(2,3)23-22(4,5)16-18)20(25)14-17-10-9-11-19(13-17)26-6/h9-11,13,18,23H,7-8,12,14-16H2,1-6H3. The number of nitrogens with one attached hydrogen (secondary N) is 1. The van der Waals surface area contributed by atoms with Crippen LogP contribution >= 0.6 is 0 Å². The number of hydrogen-bond donors (Lipinski definition) is 1. The van der Waals surface area contributed by atoms with Crippen molar-refractivity contribution in [2.24, 2.45) is 0 Å². The van der Waals surface area contributed by atoms with Crippen molar-refractivity contribution in [1.29, 1.82) is 0 Å². The predicted octanol–water partition coefficient (Wildman–Crippen LogP) is 4.18. The molecule has 0 radical (unpaired) electrons. The maximum absolute atomic E-state index is 13.2. The molecule has 0 aliphatic carbocycles. The molecule has 1 aliphatic rings. The largest absolute Gasteiger partial charge is 0.497 e. The van der Waals surface area contributed by atoms with E-state index in [1.807, 2.05) is 24.3 Å². The molecule has 0 spiro atoms. The van der Waals surface area contributed by atoms with Crippen LogP contribution < -0.4 is 10.1 Å². The highest BCUT2D eigenvalue weighted by Gasteiger charge is 2.40. The predicted molar refractivity (Wildman–Crippen MR) is 108 cm³/mol. The third-order valence-electron chi connectivity index (χ3n) is 5.17. The summed E-state index contributed by atoms with van der Waals surface area (Å²) in [6.07, 6.45) is 4.56. The van der Waals surface area contributed by atoms with Crippen LogP contribution in [0.4, 0.5) is 0 Å². The molecule has 1 aromatic rings. The van der Waals surface area contributed by atoms with Gasteiger partial charge in [0.2, 0.25) is 5.91 Å². The van der Waals surface area contributed by atoms with Crippen LogP contribution in [0.1, 0.15) is 65.9 Å². The molecule has 1 fully saturated rings. The number of nitrogens with zero attached hydrogens (tertiary/aromatic N) is 1. The Balaban J connectivity index is 2.18. The fourth-order valence-corrected chi connectivity index (χ4v) is 4.39. The summed E-state index contributed by atoms with van der Waals surface area (Å²) in [5.74, 6) is 1.03. The molecule has 1 aromatic carbocycles. The van der Waals surface area contributed by atoms with Crippen molar-refractivity contribution < 1.29 is 9.53 Å². The van der Waals surface area contributed by atoms with Gasteiger partial charge in [0, 0.05) is 23.7 Å². The number of carbonyl (C=O) groups is 1. The lowest BCUT2D eigenvalue weighted by Gasteiger charge is -2.49. The molecule has 0 bridgehead atoms. The van der Waals surface area contributed by atoms with E-state index in [9.17, 15) is 4.79 Å². The first kappa shape index (κ1) is 20.8. The first-order valence-corrected chi connectivity index (χ1v) is 9.87. The molecular weight excluding hydrogens is 324 g/mol. The van der Waals surface area contributed by atoms with Crippen LogP contribution in [0.5, 0.6) is 5.75 Å². The Morgan fingerprint density at radius 3 is 2.46 bits per heavy atom. The number of unbranched alkanes of at least 4 members (excludes halogenated alkanes) is 1. The Kier molecular flexibility index (Phi) is 6.73. The topological polar surface area (TPSA) is 41.6 Å². The number of rotatable bonds is 7. The second-order valence-electron chi connectivity index (χ2n) is 8.92. The van der Waals surface area contributed by atoms with Gasteiger partial charge in [-0.15, -0.1) is 0 Å². The van der Waals surface area contributed by atoms with Crippen molar-refractivity contribution in [2.45, 2.75) is 83.8 Å². The maximum atomic E-state index is 13.2. The fraction of sp³-hybridized carbons (Fsp3) is 0.682. The van der Waals surface area contributed by atoms with Crippen LogP contribution in [0.3, 0.4) is 0 Å². The van der Waals surface area contributed by atoms with E-state index in [1.165, 1.54) is 0 Å². The summed E-state index contributed by atoms with van der Waals surface area (Å²) < 4.78 is 5.30. The van der Waals surface area contributed by atoms with Crippen LogP contribution in [0.2, 0.25) is 0 Å². The second-order valence-corrected chi connectivity index (χ2v) is 8.92. The van der Waals surface area contributed by atoms with E-state index in [4.69, 9.17) is 4.74 Å². The second kappa shape index (κ2) is 8.43. The quantitative estimate of drug-likeness (QED) is 0.793. The van der Waals surface area contributed by atoms with Crippen LogP contribution in [-0.4, -0.2) is 41.6 Å². The van der Waals surface area contributed by atoms with E-state index in [0.717, 1.165) is 43.5 Å². The van der Waals surface area contributed by atoms with Gasteiger partial charge in [-0.1, -0.05) is 25.5 Å². The molecular formula is C22H36N2O2. The number of carbonyl (C=O) groups excluding carboxylic acids is 1. The van der Waals surface area contributed by atoms with Crippen molar-refractivity contribution in [3.8, 4) is 5.75 Å². The minimum absolute atomic E-state index is 0.0348. The van der Waals surface area contributed by atoms with Crippen LogP contribution in [0, 0.1) is 0 Å². The summed E-state index contributed by atoms with van der Waals surface area (Å²) in [5.41, 5.74) is 1.09. The highest BCUT2D eigenvalue weighted by Crippen LogP contribution is 2.32. The van der Waals surface area contributed by atoms with E-state index in [0.29, 0.717) is 6.42 Å².